The maximum absolute atomic E-state index is 9.35. The van der Waals surface area contributed by atoms with Crippen LogP contribution in [0.2, 0.25) is 0 Å². The Morgan fingerprint density at radius 2 is 1.90 bits per heavy atom. The first-order chi connectivity index (χ1) is 10.2. The van der Waals surface area contributed by atoms with E-state index in [1.54, 1.807) is 0 Å². The van der Waals surface area contributed by atoms with Crippen LogP contribution in [0.5, 0.6) is 0 Å². The number of nitrogens with one attached hydrogen (secondary N) is 1. The minimum atomic E-state index is 0.419. The highest BCUT2D eigenvalue weighted by molar-refractivity contribution is 7.71. The quantitative estimate of drug-likeness (QED) is 0.687. The van der Waals surface area contributed by atoms with E-state index in [2.05, 4.69) is 11.1 Å². The first kappa shape index (κ1) is 13.3. The molecule has 0 fully saturated rings. The third kappa shape index (κ3) is 2.51. The average Bonchev–Trinajstić information content (AvgIpc) is 2.94. The van der Waals surface area contributed by atoms with Gasteiger partial charge in [-0.2, -0.15) is 5.26 Å². The molecule has 0 spiro atoms. The Bertz CT molecular complexity index is 885. The van der Waals surface area contributed by atoms with Gasteiger partial charge in [0.15, 0.2) is 0 Å². The summed E-state index contributed by atoms with van der Waals surface area (Å²) in [5.74, 6) is 1.45. The van der Waals surface area contributed by atoms with Gasteiger partial charge in [0, 0.05) is 11.3 Å². The lowest BCUT2D eigenvalue weighted by Crippen LogP contribution is -1.92. The molecule has 0 saturated carbocycles. The standard InChI is InChI=1S/C17H12N2OS/c1-11-7-8-16(20-11)13-9-15(12-5-3-2-4-6-12)19-17(21)14(13)10-18/h2-9H,1H3,(H,19,21). The fraction of sp³-hybridized carbons (Fsp3) is 0.0588. The van der Waals surface area contributed by atoms with Crippen LogP contribution >= 0.6 is 12.2 Å². The van der Waals surface area contributed by atoms with Crippen LogP contribution in [0.3, 0.4) is 0 Å². The maximum atomic E-state index is 9.35. The molecular formula is C17H12N2OS. The van der Waals surface area contributed by atoms with E-state index in [9.17, 15) is 5.26 Å². The molecule has 4 heteroatoms. The molecule has 1 aromatic carbocycles. The Balaban J connectivity index is 2.26. The predicted octanol–water partition coefficient (Wildman–Crippen LogP) is 4.85. The number of hydrogen-bond donors (Lipinski definition) is 1. The van der Waals surface area contributed by atoms with Crippen molar-refractivity contribution in [1.29, 1.82) is 5.26 Å². The molecule has 2 aromatic heterocycles. The normalized spacial score (nSPS) is 10.3. The van der Waals surface area contributed by atoms with E-state index in [1.807, 2.05) is 55.5 Å². The highest BCUT2D eigenvalue weighted by atomic mass is 32.1. The Morgan fingerprint density at radius 1 is 1.14 bits per heavy atom. The SMILES string of the molecule is Cc1ccc(-c2cc(-c3ccccc3)[nH]c(=S)c2C#N)o1. The highest BCUT2D eigenvalue weighted by Gasteiger charge is 2.13. The van der Waals surface area contributed by atoms with Crippen molar-refractivity contribution in [2.75, 3.05) is 0 Å². The third-order valence-electron chi connectivity index (χ3n) is 3.24. The summed E-state index contributed by atoms with van der Waals surface area (Å²) < 4.78 is 6.07. The largest absolute Gasteiger partial charge is 0.461 e. The second-order valence-corrected chi connectivity index (χ2v) is 5.10. The minimum Gasteiger partial charge on any atom is -0.461 e. The summed E-state index contributed by atoms with van der Waals surface area (Å²) in [6.07, 6.45) is 0. The van der Waals surface area contributed by atoms with Crippen molar-refractivity contribution in [2.45, 2.75) is 6.92 Å². The van der Waals surface area contributed by atoms with Crippen molar-refractivity contribution in [1.82, 2.24) is 4.98 Å². The van der Waals surface area contributed by atoms with Gasteiger partial charge < -0.3 is 9.40 Å². The summed E-state index contributed by atoms with van der Waals surface area (Å²) in [5, 5.41) is 9.35. The summed E-state index contributed by atoms with van der Waals surface area (Å²) in [6.45, 7) is 1.87. The van der Waals surface area contributed by atoms with Crippen LogP contribution in [0.15, 0.2) is 52.9 Å². The summed E-state index contributed by atoms with van der Waals surface area (Å²) in [5.41, 5.74) is 3.02. The van der Waals surface area contributed by atoms with E-state index >= 15 is 0 Å². The highest BCUT2D eigenvalue weighted by Crippen LogP contribution is 2.29. The fourth-order valence-electron chi connectivity index (χ4n) is 2.22. The number of hydrogen-bond acceptors (Lipinski definition) is 3. The zero-order valence-corrected chi connectivity index (χ0v) is 12.2. The maximum Gasteiger partial charge on any atom is 0.135 e. The smallest absolute Gasteiger partial charge is 0.135 e. The fourth-order valence-corrected chi connectivity index (χ4v) is 2.48. The summed E-state index contributed by atoms with van der Waals surface area (Å²) in [4.78, 5) is 3.11. The number of benzene rings is 1. The van der Waals surface area contributed by atoms with Gasteiger partial charge in [-0.25, -0.2) is 0 Å². The number of H-pyrrole nitrogens is 1. The van der Waals surface area contributed by atoms with Gasteiger partial charge in [-0.05, 0) is 30.7 Å². The molecule has 0 aliphatic heterocycles. The summed E-state index contributed by atoms with van der Waals surface area (Å²) >= 11 is 5.31. The number of furan rings is 1. The van der Waals surface area contributed by atoms with Gasteiger partial charge in [-0.1, -0.05) is 42.5 Å². The van der Waals surface area contributed by atoms with Gasteiger partial charge in [0.05, 0.1) is 5.56 Å². The number of pyridine rings is 1. The predicted molar refractivity (Wildman–Crippen MR) is 84.2 cm³/mol. The molecule has 21 heavy (non-hydrogen) atoms. The lowest BCUT2D eigenvalue weighted by Gasteiger charge is -2.07. The van der Waals surface area contributed by atoms with E-state index < -0.39 is 0 Å². The molecule has 2 heterocycles. The molecule has 0 unspecified atom stereocenters. The Hall–Kier alpha value is -2.64. The lowest BCUT2D eigenvalue weighted by atomic mass is 10.0. The van der Waals surface area contributed by atoms with Gasteiger partial charge in [0.1, 0.15) is 22.2 Å². The first-order valence-corrected chi connectivity index (χ1v) is 6.89. The number of nitriles is 1. The Labute approximate surface area is 127 Å². The van der Waals surface area contributed by atoms with Crippen LogP contribution in [-0.2, 0) is 0 Å². The first-order valence-electron chi connectivity index (χ1n) is 6.48. The molecular weight excluding hydrogens is 280 g/mol. The number of aromatic nitrogens is 1. The molecule has 0 bridgehead atoms. The number of nitrogens with zero attached hydrogens (tertiary/aromatic N) is 1. The van der Waals surface area contributed by atoms with Gasteiger partial charge >= 0.3 is 0 Å². The molecule has 1 N–H and O–H groups in total. The molecule has 3 nitrogen and oxygen atoms in total. The van der Waals surface area contributed by atoms with Gasteiger partial charge in [0.25, 0.3) is 0 Å². The molecule has 0 atom stereocenters. The topological polar surface area (TPSA) is 52.7 Å². The second-order valence-electron chi connectivity index (χ2n) is 4.69. The molecule has 0 aliphatic carbocycles. The van der Waals surface area contributed by atoms with Crippen molar-refractivity contribution in [3.8, 4) is 28.7 Å². The zero-order chi connectivity index (χ0) is 14.8. The third-order valence-corrected chi connectivity index (χ3v) is 3.54. The number of aromatic amines is 1. The van der Waals surface area contributed by atoms with E-state index in [4.69, 9.17) is 16.6 Å². The molecule has 0 aliphatic rings. The van der Waals surface area contributed by atoms with E-state index in [-0.39, 0.29) is 0 Å². The van der Waals surface area contributed by atoms with Crippen molar-refractivity contribution in [3.63, 3.8) is 0 Å². The zero-order valence-electron chi connectivity index (χ0n) is 11.4. The number of rotatable bonds is 2. The molecule has 3 aromatic rings. The monoisotopic (exact) mass is 292 g/mol. The summed E-state index contributed by atoms with van der Waals surface area (Å²) in [7, 11) is 0. The van der Waals surface area contributed by atoms with E-state index in [0.717, 1.165) is 17.0 Å². The van der Waals surface area contributed by atoms with Crippen LogP contribution in [-0.4, -0.2) is 4.98 Å². The lowest BCUT2D eigenvalue weighted by molar-refractivity contribution is 0.548. The van der Waals surface area contributed by atoms with Crippen molar-refractivity contribution in [3.05, 3.63) is 64.5 Å². The molecule has 3 rings (SSSR count). The van der Waals surface area contributed by atoms with Crippen molar-refractivity contribution < 1.29 is 4.42 Å². The molecule has 102 valence electrons. The van der Waals surface area contributed by atoms with Crippen LogP contribution in [0, 0.1) is 22.9 Å². The average molecular weight is 292 g/mol. The minimum absolute atomic E-state index is 0.419. The van der Waals surface area contributed by atoms with Crippen LogP contribution in [0.4, 0.5) is 0 Å². The molecule has 0 saturated heterocycles. The van der Waals surface area contributed by atoms with Gasteiger partial charge in [-0.3, -0.25) is 0 Å². The van der Waals surface area contributed by atoms with E-state index in [1.165, 1.54) is 0 Å². The van der Waals surface area contributed by atoms with Crippen molar-refractivity contribution in [2.24, 2.45) is 0 Å². The molecule has 0 radical (unpaired) electrons. The van der Waals surface area contributed by atoms with Crippen LogP contribution in [0.1, 0.15) is 11.3 Å². The molecule has 0 amide bonds. The van der Waals surface area contributed by atoms with Gasteiger partial charge in [0.2, 0.25) is 0 Å². The Kier molecular flexibility index (Phi) is 3.43. The van der Waals surface area contributed by atoms with Crippen LogP contribution < -0.4 is 0 Å². The number of aryl methyl sites for hydroxylation is 1. The second kappa shape index (κ2) is 5.39. The van der Waals surface area contributed by atoms with Crippen LogP contribution in [0.25, 0.3) is 22.6 Å². The van der Waals surface area contributed by atoms with E-state index in [0.29, 0.717) is 21.5 Å². The Morgan fingerprint density at radius 3 is 2.52 bits per heavy atom. The van der Waals surface area contributed by atoms with Crippen molar-refractivity contribution >= 4 is 12.2 Å². The van der Waals surface area contributed by atoms with Gasteiger partial charge in [-0.15, -0.1) is 0 Å². The summed E-state index contributed by atoms with van der Waals surface area (Å²) in [6, 6.07) is 17.6.